The zero-order valence-electron chi connectivity index (χ0n) is 15.4. The van der Waals surface area contributed by atoms with Crippen LogP contribution >= 0.6 is 12.6 Å². The lowest BCUT2D eigenvalue weighted by Crippen LogP contribution is -2.04. The fourth-order valence-corrected chi connectivity index (χ4v) is 3.38. The van der Waals surface area contributed by atoms with Crippen LogP contribution in [0.15, 0.2) is 53.7 Å². The molecule has 0 amide bonds. The summed E-state index contributed by atoms with van der Waals surface area (Å²) >= 11 is 4.66. The quantitative estimate of drug-likeness (QED) is 0.543. The molecule has 138 valence electrons. The van der Waals surface area contributed by atoms with Crippen molar-refractivity contribution >= 4 is 12.6 Å². The van der Waals surface area contributed by atoms with Gasteiger partial charge in [-0.25, -0.2) is 4.68 Å². The molecule has 4 aromatic rings. The molecular formula is C20H17N7S. The molecule has 0 saturated heterocycles. The van der Waals surface area contributed by atoms with Gasteiger partial charge in [0.2, 0.25) is 5.82 Å². The highest BCUT2D eigenvalue weighted by Gasteiger charge is 2.17. The number of hydrogen-bond donors (Lipinski definition) is 1. The molecule has 8 heteroatoms. The van der Waals surface area contributed by atoms with Crippen molar-refractivity contribution in [3.63, 3.8) is 0 Å². The number of para-hydroxylation sites is 1. The zero-order chi connectivity index (χ0) is 19.7. The first-order valence-corrected chi connectivity index (χ1v) is 9.12. The van der Waals surface area contributed by atoms with E-state index in [1.165, 1.54) is 4.80 Å². The number of tetrazole rings is 1. The third-order valence-corrected chi connectivity index (χ3v) is 4.93. The first kappa shape index (κ1) is 17.9. The first-order valence-electron chi connectivity index (χ1n) is 8.67. The standard InChI is InChI=1S/C20H17N7S/c1-13-4-3-5-14(2)18(13)27-20(28)17(11-22-27)19-23-25-26(24-19)12-16-8-6-15(10-21)7-9-16/h3-9,11,28H,12H2,1-2H3. The van der Waals surface area contributed by atoms with E-state index in [0.29, 0.717) is 23.0 Å². The second-order valence-electron chi connectivity index (χ2n) is 6.49. The van der Waals surface area contributed by atoms with Gasteiger partial charge in [-0.3, -0.25) is 0 Å². The molecule has 0 aliphatic carbocycles. The lowest BCUT2D eigenvalue weighted by atomic mass is 10.1. The molecule has 28 heavy (non-hydrogen) atoms. The Kier molecular flexibility index (Phi) is 4.67. The van der Waals surface area contributed by atoms with E-state index in [4.69, 9.17) is 5.26 Å². The molecule has 2 aromatic carbocycles. The second-order valence-corrected chi connectivity index (χ2v) is 6.91. The topological polar surface area (TPSA) is 85.2 Å². The Hall–Kier alpha value is -3.44. The van der Waals surface area contributed by atoms with Crippen LogP contribution in [-0.4, -0.2) is 30.0 Å². The molecular weight excluding hydrogens is 370 g/mol. The van der Waals surface area contributed by atoms with E-state index >= 15 is 0 Å². The SMILES string of the molecule is Cc1cccc(C)c1-n1ncc(-c2nnn(Cc3ccc(C#N)cc3)n2)c1S. The fraction of sp³-hybridized carbons (Fsp3) is 0.150. The lowest BCUT2D eigenvalue weighted by molar-refractivity contribution is 0.573. The zero-order valence-corrected chi connectivity index (χ0v) is 16.3. The van der Waals surface area contributed by atoms with Gasteiger partial charge in [0.25, 0.3) is 0 Å². The minimum Gasteiger partial charge on any atom is -0.226 e. The summed E-state index contributed by atoms with van der Waals surface area (Å²) in [5.41, 5.74) is 5.56. The van der Waals surface area contributed by atoms with E-state index in [1.807, 2.05) is 44.2 Å². The third-order valence-electron chi connectivity index (χ3n) is 4.50. The summed E-state index contributed by atoms with van der Waals surface area (Å²) in [6.45, 7) is 4.55. The Morgan fingerprint density at radius 2 is 1.79 bits per heavy atom. The van der Waals surface area contributed by atoms with E-state index in [9.17, 15) is 0 Å². The van der Waals surface area contributed by atoms with Crippen molar-refractivity contribution in [3.05, 3.63) is 70.9 Å². The predicted molar refractivity (Wildman–Crippen MR) is 107 cm³/mol. The Morgan fingerprint density at radius 3 is 2.46 bits per heavy atom. The van der Waals surface area contributed by atoms with Gasteiger partial charge in [-0.2, -0.15) is 15.2 Å². The molecule has 0 radical (unpaired) electrons. The minimum absolute atomic E-state index is 0.464. The molecule has 2 heterocycles. The highest BCUT2D eigenvalue weighted by molar-refractivity contribution is 7.80. The van der Waals surface area contributed by atoms with Gasteiger partial charge in [-0.1, -0.05) is 30.3 Å². The van der Waals surface area contributed by atoms with Crippen molar-refractivity contribution in [1.82, 2.24) is 30.0 Å². The van der Waals surface area contributed by atoms with Crippen LogP contribution in [0.25, 0.3) is 17.1 Å². The predicted octanol–water partition coefficient (Wildman–Crippen LogP) is 3.35. The summed E-state index contributed by atoms with van der Waals surface area (Å²) < 4.78 is 1.80. The highest BCUT2D eigenvalue weighted by Crippen LogP contribution is 2.28. The molecule has 4 rings (SSSR count). The van der Waals surface area contributed by atoms with Crippen LogP contribution in [-0.2, 0) is 6.54 Å². The molecule has 0 aliphatic heterocycles. The minimum atomic E-state index is 0.464. The van der Waals surface area contributed by atoms with Crippen molar-refractivity contribution < 1.29 is 0 Å². The Labute approximate surface area is 167 Å². The van der Waals surface area contributed by atoms with Gasteiger partial charge in [-0.05, 0) is 47.9 Å². The molecule has 0 atom stereocenters. The smallest absolute Gasteiger partial charge is 0.209 e. The van der Waals surface area contributed by atoms with Gasteiger partial charge < -0.3 is 0 Å². The van der Waals surface area contributed by atoms with Gasteiger partial charge in [0.1, 0.15) is 5.03 Å². The lowest BCUT2D eigenvalue weighted by Gasteiger charge is -2.11. The summed E-state index contributed by atoms with van der Waals surface area (Å²) in [7, 11) is 0. The van der Waals surface area contributed by atoms with Gasteiger partial charge in [0, 0.05) is 0 Å². The number of thiol groups is 1. The maximum atomic E-state index is 8.89. The van der Waals surface area contributed by atoms with E-state index in [-0.39, 0.29) is 0 Å². The number of aromatic nitrogens is 6. The van der Waals surface area contributed by atoms with Gasteiger partial charge in [0.15, 0.2) is 0 Å². The molecule has 0 saturated carbocycles. The molecule has 7 nitrogen and oxygen atoms in total. The number of nitriles is 1. The molecule has 0 fully saturated rings. The largest absolute Gasteiger partial charge is 0.226 e. The van der Waals surface area contributed by atoms with Crippen molar-refractivity contribution in [2.75, 3.05) is 0 Å². The van der Waals surface area contributed by atoms with Gasteiger partial charge in [-0.15, -0.1) is 22.8 Å². The van der Waals surface area contributed by atoms with Gasteiger partial charge in [0.05, 0.1) is 35.6 Å². The maximum Gasteiger partial charge on any atom is 0.209 e. The van der Waals surface area contributed by atoms with Crippen molar-refractivity contribution in [2.24, 2.45) is 0 Å². The first-order chi connectivity index (χ1) is 13.6. The van der Waals surface area contributed by atoms with Crippen LogP contribution in [0.4, 0.5) is 0 Å². The molecule has 0 unspecified atom stereocenters. The molecule has 0 bridgehead atoms. The molecule has 0 N–H and O–H groups in total. The Morgan fingerprint density at radius 1 is 1.07 bits per heavy atom. The average molecular weight is 387 g/mol. The van der Waals surface area contributed by atoms with Crippen molar-refractivity contribution in [3.8, 4) is 23.1 Å². The summed E-state index contributed by atoms with van der Waals surface area (Å²) in [4.78, 5) is 1.51. The van der Waals surface area contributed by atoms with Gasteiger partial charge >= 0.3 is 0 Å². The average Bonchev–Trinajstić information content (AvgIpc) is 3.29. The Bertz CT molecular complexity index is 1160. The highest BCUT2D eigenvalue weighted by atomic mass is 32.1. The van der Waals surface area contributed by atoms with Crippen LogP contribution in [0.2, 0.25) is 0 Å². The normalized spacial score (nSPS) is 10.8. The van der Waals surface area contributed by atoms with E-state index in [2.05, 4.69) is 39.2 Å². The van der Waals surface area contributed by atoms with E-state index < -0.39 is 0 Å². The number of rotatable bonds is 4. The Balaban J connectivity index is 1.63. The van der Waals surface area contributed by atoms with E-state index in [0.717, 1.165) is 27.9 Å². The summed E-state index contributed by atoms with van der Waals surface area (Å²) in [5.74, 6) is 0.469. The van der Waals surface area contributed by atoms with Crippen LogP contribution < -0.4 is 0 Å². The number of nitrogens with zero attached hydrogens (tertiary/aromatic N) is 7. The number of benzene rings is 2. The van der Waals surface area contributed by atoms with Crippen LogP contribution in [0.5, 0.6) is 0 Å². The van der Waals surface area contributed by atoms with Crippen LogP contribution in [0.1, 0.15) is 22.3 Å². The van der Waals surface area contributed by atoms with E-state index in [1.54, 1.807) is 23.0 Å². The van der Waals surface area contributed by atoms with Crippen molar-refractivity contribution in [1.29, 1.82) is 5.26 Å². The molecule has 0 spiro atoms. The van der Waals surface area contributed by atoms with Crippen LogP contribution in [0.3, 0.4) is 0 Å². The third kappa shape index (κ3) is 3.28. The molecule has 0 aliphatic rings. The second kappa shape index (κ2) is 7.29. The summed E-state index contributed by atoms with van der Waals surface area (Å²) in [6.07, 6.45) is 1.71. The molecule has 2 aromatic heterocycles. The summed E-state index contributed by atoms with van der Waals surface area (Å²) in [5, 5.41) is 26.8. The fourth-order valence-electron chi connectivity index (χ4n) is 3.07. The monoisotopic (exact) mass is 387 g/mol. The number of hydrogen-bond acceptors (Lipinski definition) is 6. The number of aryl methyl sites for hydroxylation is 2. The van der Waals surface area contributed by atoms with Crippen molar-refractivity contribution in [2.45, 2.75) is 25.4 Å². The maximum absolute atomic E-state index is 8.89. The van der Waals surface area contributed by atoms with Crippen LogP contribution in [0, 0.1) is 25.2 Å². The summed E-state index contributed by atoms with van der Waals surface area (Å²) in [6, 6.07) is 15.5.